The number of ketones is 1. The van der Waals surface area contributed by atoms with Crippen LogP contribution in [0.4, 0.5) is 4.39 Å². The maximum atomic E-state index is 14.0. The zero-order valence-electron chi connectivity index (χ0n) is 12.4. The van der Waals surface area contributed by atoms with E-state index in [-0.39, 0.29) is 37.5 Å². The predicted molar refractivity (Wildman–Crippen MR) is 92.8 cm³/mol. The minimum atomic E-state index is -0.905. The number of hydrogen-bond donors (Lipinski definition) is 2. The highest BCUT2D eigenvalue weighted by Gasteiger charge is 2.15. The van der Waals surface area contributed by atoms with Crippen LogP contribution in [-0.2, 0) is 6.42 Å². The molecule has 2 N–H and O–H groups in total. The first-order chi connectivity index (χ1) is 11.0. The number of Topliss-reactive ketones (excluding diaryl/α,β-unsaturated/α-hetero) is 1. The van der Waals surface area contributed by atoms with Gasteiger partial charge in [-0.05, 0) is 58.3 Å². The highest BCUT2D eigenvalue weighted by Crippen LogP contribution is 2.19. The highest BCUT2D eigenvalue weighted by atomic mass is 127. The summed E-state index contributed by atoms with van der Waals surface area (Å²) in [6, 6.07) is 6.57. The minimum absolute atomic E-state index is 0.119. The van der Waals surface area contributed by atoms with Gasteiger partial charge in [0.15, 0.2) is 5.78 Å². The van der Waals surface area contributed by atoms with Crippen LogP contribution in [-0.4, -0.2) is 33.7 Å². The van der Waals surface area contributed by atoms with Crippen LogP contribution in [0.1, 0.15) is 34.3 Å². The number of rotatable bonds is 7. The fraction of sp³-hybridized carbons (Fsp3) is 0.294. The van der Waals surface area contributed by atoms with Gasteiger partial charge in [-0.3, -0.25) is 9.78 Å². The van der Waals surface area contributed by atoms with E-state index < -0.39 is 6.10 Å². The van der Waals surface area contributed by atoms with Crippen LogP contribution in [0.15, 0.2) is 36.7 Å². The number of aliphatic hydroxyl groups excluding tert-OH is 2. The van der Waals surface area contributed by atoms with Crippen molar-refractivity contribution in [3.8, 4) is 0 Å². The maximum Gasteiger partial charge on any atom is 0.163 e. The molecule has 1 aromatic heterocycles. The molecule has 1 aromatic carbocycles. The average molecular weight is 429 g/mol. The van der Waals surface area contributed by atoms with Crippen molar-refractivity contribution in [2.24, 2.45) is 0 Å². The number of nitrogens with zero attached hydrogens (tertiary/aromatic N) is 1. The SMILES string of the molecule is O=C(CC[C@H](O)CO)c1ccncc1Cc1ccc(I)cc1F. The van der Waals surface area contributed by atoms with Crippen molar-refractivity contribution in [2.75, 3.05) is 6.61 Å². The zero-order chi connectivity index (χ0) is 16.8. The molecule has 0 bridgehead atoms. The van der Waals surface area contributed by atoms with E-state index in [2.05, 4.69) is 4.98 Å². The lowest BCUT2D eigenvalue weighted by Crippen LogP contribution is -2.15. The van der Waals surface area contributed by atoms with E-state index in [1.807, 2.05) is 28.7 Å². The Hall–Kier alpha value is -1.38. The molecule has 1 heterocycles. The molecule has 0 saturated carbocycles. The lowest BCUT2D eigenvalue weighted by atomic mass is 9.96. The molecule has 0 amide bonds. The van der Waals surface area contributed by atoms with Gasteiger partial charge >= 0.3 is 0 Å². The van der Waals surface area contributed by atoms with E-state index in [1.165, 1.54) is 12.3 Å². The maximum absolute atomic E-state index is 14.0. The molecule has 4 nitrogen and oxygen atoms in total. The predicted octanol–water partition coefficient (Wildman–Crippen LogP) is 2.73. The molecule has 6 heteroatoms. The first-order valence-electron chi connectivity index (χ1n) is 7.20. The van der Waals surface area contributed by atoms with Crippen LogP contribution in [0.2, 0.25) is 0 Å². The fourth-order valence-electron chi connectivity index (χ4n) is 2.23. The summed E-state index contributed by atoms with van der Waals surface area (Å²) >= 11 is 2.04. The van der Waals surface area contributed by atoms with Crippen molar-refractivity contribution in [1.29, 1.82) is 0 Å². The third-order valence-electron chi connectivity index (χ3n) is 3.52. The second kappa shape index (κ2) is 8.47. The van der Waals surface area contributed by atoms with E-state index in [1.54, 1.807) is 18.3 Å². The molecule has 0 aliphatic carbocycles. The van der Waals surface area contributed by atoms with Gasteiger partial charge in [0.1, 0.15) is 5.82 Å². The molecule has 2 rings (SSSR count). The van der Waals surface area contributed by atoms with Gasteiger partial charge in [-0.15, -0.1) is 0 Å². The topological polar surface area (TPSA) is 70.4 Å². The summed E-state index contributed by atoms with van der Waals surface area (Å²) in [5, 5.41) is 18.2. The molecule has 2 aromatic rings. The third-order valence-corrected chi connectivity index (χ3v) is 4.19. The van der Waals surface area contributed by atoms with Gasteiger partial charge in [0.2, 0.25) is 0 Å². The minimum Gasteiger partial charge on any atom is -0.394 e. The molecule has 0 aliphatic rings. The zero-order valence-corrected chi connectivity index (χ0v) is 14.5. The van der Waals surface area contributed by atoms with Crippen molar-refractivity contribution in [3.05, 3.63) is 62.7 Å². The lowest BCUT2D eigenvalue weighted by Gasteiger charge is -2.10. The van der Waals surface area contributed by atoms with Crippen LogP contribution < -0.4 is 0 Å². The highest BCUT2D eigenvalue weighted by molar-refractivity contribution is 14.1. The molecular formula is C17H17FINO3. The summed E-state index contributed by atoms with van der Waals surface area (Å²) < 4.78 is 14.8. The van der Waals surface area contributed by atoms with Gasteiger partial charge in [-0.25, -0.2) is 4.39 Å². The third kappa shape index (κ3) is 5.05. The van der Waals surface area contributed by atoms with E-state index in [4.69, 9.17) is 5.11 Å². The smallest absolute Gasteiger partial charge is 0.163 e. The van der Waals surface area contributed by atoms with Crippen LogP contribution in [0.3, 0.4) is 0 Å². The number of halogens is 2. The van der Waals surface area contributed by atoms with Gasteiger partial charge in [-0.2, -0.15) is 0 Å². The summed E-state index contributed by atoms with van der Waals surface area (Å²) in [6.45, 7) is -0.371. The first kappa shape index (κ1) is 18.0. The Balaban J connectivity index is 2.18. The molecule has 0 spiro atoms. The number of aromatic nitrogens is 1. The van der Waals surface area contributed by atoms with E-state index in [0.29, 0.717) is 16.7 Å². The summed E-state index contributed by atoms with van der Waals surface area (Å²) in [6.07, 6.45) is 2.76. The Labute approximate surface area is 147 Å². The summed E-state index contributed by atoms with van der Waals surface area (Å²) in [4.78, 5) is 16.3. The largest absolute Gasteiger partial charge is 0.394 e. The quantitative estimate of drug-likeness (QED) is 0.525. The number of carbonyl (C=O) groups excluding carboxylic acids is 1. The lowest BCUT2D eigenvalue weighted by molar-refractivity contribution is 0.0779. The van der Waals surface area contributed by atoms with Gasteiger partial charge < -0.3 is 10.2 Å². The van der Waals surface area contributed by atoms with Gasteiger partial charge in [-0.1, -0.05) is 6.07 Å². The molecule has 0 fully saturated rings. The number of hydrogen-bond acceptors (Lipinski definition) is 4. The molecule has 0 aliphatic heterocycles. The fourth-order valence-corrected chi connectivity index (χ4v) is 2.69. The molecule has 23 heavy (non-hydrogen) atoms. The molecular weight excluding hydrogens is 412 g/mol. The van der Waals surface area contributed by atoms with Gasteiger partial charge in [0.05, 0.1) is 12.7 Å². The van der Waals surface area contributed by atoms with Crippen LogP contribution >= 0.6 is 22.6 Å². The molecule has 0 radical (unpaired) electrons. The van der Waals surface area contributed by atoms with Crippen molar-refractivity contribution in [1.82, 2.24) is 4.98 Å². The Morgan fingerprint density at radius 1 is 1.30 bits per heavy atom. The van der Waals surface area contributed by atoms with Crippen molar-refractivity contribution in [3.63, 3.8) is 0 Å². The normalized spacial score (nSPS) is 12.2. The number of carbonyl (C=O) groups is 1. The molecule has 0 unspecified atom stereocenters. The monoisotopic (exact) mass is 429 g/mol. The standard InChI is InChI=1S/C17H17FINO3/c18-16-8-13(19)2-1-11(16)7-12-9-20-6-5-15(12)17(23)4-3-14(22)10-21/h1-2,5-6,8-9,14,21-22H,3-4,7,10H2/t14-/m0/s1. The molecule has 0 saturated heterocycles. The number of aliphatic hydroxyl groups is 2. The van der Waals surface area contributed by atoms with Crippen molar-refractivity contribution >= 4 is 28.4 Å². The van der Waals surface area contributed by atoms with Gasteiger partial charge in [0, 0.05) is 34.4 Å². The van der Waals surface area contributed by atoms with Gasteiger partial charge in [0.25, 0.3) is 0 Å². The second-order valence-electron chi connectivity index (χ2n) is 5.24. The first-order valence-corrected chi connectivity index (χ1v) is 8.28. The van der Waals surface area contributed by atoms with E-state index in [9.17, 15) is 14.3 Å². The van der Waals surface area contributed by atoms with E-state index >= 15 is 0 Å². The molecule has 1 atom stereocenters. The number of pyridine rings is 1. The Morgan fingerprint density at radius 2 is 2.09 bits per heavy atom. The average Bonchev–Trinajstić information content (AvgIpc) is 2.55. The van der Waals surface area contributed by atoms with Crippen LogP contribution in [0.25, 0.3) is 0 Å². The Morgan fingerprint density at radius 3 is 2.78 bits per heavy atom. The Kier molecular flexibility index (Phi) is 6.61. The summed E-state index contributed by atoms with van der Waals surface area (Å²) in [5.41, 5.74) is 1.63. The summed E-state index contributed by atoms with van der Waals surface area (Å²) in [5.74, 6) is -0.462. The Bertz CT molecular complexity index is 693. The number of benzene rings is 1. The van der Waals surface area contributed by atoms with Crippen molar-refractivity contribution in [2.45, 2.75) is 25.4 Å². The summed E-state index contributed by atoms with van der Waals surface area (Å²) in [7, 11) is 0. The van der Waals surface area contributed by atoms with Crippen LogP contribution in [0, 0.1) is 9.39 Å². The van der Waals surface area contributed by atoms with Crippen molar-refractivity contribution < 1.29 is 19.4 Å². The van der Waals surface area contributed by atoms with Crippen LogP contribution in [0.5, 0.6) is 0 Å². The molecule has 122 valence electrons. The second-order valence-corrected chi connectivity index (χ2v) is 6.49. The van der Waals surface area contributed by atoms with E-state index in [0.717, 1.165) is 3.57 Å².